The second kappa shape index (κ2) is 9.87. The molecule has 4 N–H and O–H groups in total. The van der Waals surface area contributed by atoms with E-state index in [1.807, 2.05) is 12.1 Å². The molecule has 5 heterocycles. The Kier molecular flexibility index (Phi) is 6.89. The van der Waals surface area contributed by atoms with E-state index in [-0.39, 0.29) is 10.3 Å². The van der Waals surface area contributed by atoms with E-state index >= 15 is 0 Å². The lowest BCUT2D eigenvalue weighted by Gasteiger charge is -2.00. The lowest BCUT2D eigenvalue weighted by atomic mass is 10.1. The van der Waals surface area contributed by atoms with E-state index < -0.39 is 0 Å². The lowest BCUT2D eigenvalue weighted by molar-refractivity contribution is 0.657. The predicted octanol–water partition coefficient (Wildman–Crippen LogP) is 7.94. The quantitative estimate of drug-likeness (QED) is 0.212. The maximum Gasteiger partial charge on any atom is 0.177 e. The molecule has 0 aliphatic carbocycles. The van der Waals surface area contributed by atoms with Gasteiger partial charge in [0, 0.05) is 39.0 Å². The van der Waals surface area contributed by atoms with Crippen LogP contribution in [0.4, 0.5) is 8.78 Å². The topological polar surface area (TPSA) is 52.0 Å². The van der Waals surface area contributed by atoms with Gasteiger partial charge in [0.05, 0.1) is 0 Å². The van der Waals surface area contributed by atoms with E-state index in [0.29, 0.717) is 13.1 Å². The third-order valence-electron chi connectivity index (χ3n) is 5.13. The number of rotatable bonds is 8. The van der Waals surface area contributed by atoms with Crippen molar-refractivity contribution < 1.29 is 8.78 Å². The van der Waals surface area contributed by atoms with Crippen LogP contribution in [0.15, 0.2) is 48.5 Å². The summed E-state index contributed by atoms with van der Waals surface area (Å²) in [6.45, 7) is 1.12. The molecule has 0 bridgehead atoms. The van der Waals surface area contributed by atoms with Crippen LogP contribution in [0.5, 0.6) is 0 Å². The first-order valence-electron chi connectivity index (χ1n) is 10.3. The van der Waals surface area contributed by atoms with Crippen LogP contribution in [0.1, 0.15) is 11.1 Å². The summed E-state index contributed by atoms with van der Waals surface area (Å²) in [5.41, 5.74) is 14.2. The molecule has 0 saturated carbocycles. The van der Waals surface area contributed by atoms with E-state index in [2.05, 4.69) is 24.3 Å². The number of nitrogens with two attached hydrogens (primary N) is 2. The van der Waals surface area contributed by atoms with Crippen molar-refractivity contribution in [1.29, 1.82) is 0 Å². The van der Waals surface area contributed by atoms with Crippen molar-refractivity contribution in [2.45, 2.75) is 12.8 Å². The Morgan fingerprint density at radius 2 is 0.939 bits per heavy atom. The summed E-state index contributed by atoms with van der Waals surface area (Å²) in [6, 6.07) is 15.3. The molecular weight excluding hydrogens is 515 g/mol. The van der Waals surface area contributed by atoms with Gasteiger partial charge in [-0.15, -0.1) is 56.7 Å². The zero-order valence-electron chi connectivity index (χ0n) is 17.4. The Labute approximate surface area is 210 Å². The zero-order chi connectivity index (χ0) is 22.9. The number of halogens is 2. The van der Waals surface area contributed by atoms with Crippen LogP contribution in [-0.4, -0.2) is 13.1 Å². The fraction of sp³-hybridized carbons (Fsp3) is 0.167. The Hall–Kier alpha value is -1.72. The van der Waals surface area contributed by atoms with Crippen molar-refractivity contribution in [3.05, 3.63) is 69.9 Å². The summed E-state index contributed by atoms with van der Waals surface area (Å²) >= 11 is 7.46. The highest BCUT2D eigenvalue weighted by Crippen LogP contribution is 2.47. The second-order valence-electron chi connectivity index (χ2n) is 7.38. The van der Waals surface area contributed by atoms with Crippen molar-refractivity contribution in [3.8, 4) is 39.0 Å². The summed E-state index contributed by atoms with van der Waals surface area (Å²) in [7, 11) is 0. The average Bonchev–Trinajstić information content (AvgIpc) is 3.59. The summed E-state index contributed by atoms with van der Waals surface area (Å²) in [6.07, 6.45) is 1.55. The molecule has 0 saturated heterocycles. The van der Waals surface area contributed by atoms with Gasteiger partial charge in [-0.25, -0.2) is 0 Å². The average molecular weight is 535 g/mol. The molecule has 0 fully saturated rings. The van der Waals surface area contributed by atoms with Crippen LogP contribution in [0.25, 0.3) is 39.0 Å². The number of hydrogen-bond donors (Lipinski definition) is 2. The summed E-state index contributed by atoms with van der Waals surface area (Å²) in [4.78, 5) is 8.76. The van der Waals surface area contributed by atoms with Crippen LogP contribution in [0, 0.1) is 10.3 Å². The molecule has 0 aromatic carbocycles. The molecule has 2 nitrogen and oxygen atoms in total. The van der Waals surface area contributed by atoms with Gasteiger partial charge in [0.25, 0.3) is 0 Å². The highest BCUT2D eigenvalue weighted by Gasteiger charge is 2.19. The SMILES string of the molecule is NCCc1cc(-c2ccc(F)s2)sc1-c1ccc(-c2sc(-c3ccc(F)s3)cc2CCN)s1. The minimum atomic E-state index is -0.176. The zero-order valence-corrected chi connectivity index (χ0v) is 21.5. The third-order valence-corrected chi connectivity index (χ3v) is 11.1. The molecule has 5 aromatic rings. The van der Waals surface area contributed by atoms with Gasteiger partial charge in [0.2, 0.25) is 0 Å². The molecule has 170 valence electrons. The molecule has 0 radical (unpaired) electrons. The van der Waals surface area contributed by atoms with E-state index in [0.717, 1.165) is 32.4 Å². The monoisotopic (exact) mass is 534 g/mol. The molecule has 9 heteroatoms. The lowest BCUT2D eigenvalue weighted by Crippen LogP contribution is -2.02. The maximum atomic E-state index is 13.6. The fourth-order valence-electron chi connectivity index (χ4n) is 3.68. The molecule has 5 rings (SSSR count). The highest BCUT2D eigenvalue weighted by atomic mass is 32.1. The maximum absolute atomic E-state index is 13.6. The van der Waals surface area contributed by atoms with Crippen molar-refractivity contribution in [2.75, 3.05) is 13.1 Å². The van der Waals surface area contributed by atoms with Gasteiger partial charge in [-0.05, 0) is 85.6 Å². The smallest absolute Gasteiger partial charge is 0.177 e. The highest BCUT2D eigenvalue weighted by molar-refractivity contribution is 7.29. The van der Waals surface area contributed by atoms with Crippen molar-refractivity contribution in [3.63, 3.8) is 0 Å². The Morgan fingerprint density at radius 3 is 1.30 bits per heavy atom. The molecule has 0 aliphatic rings. The van der Waals surface area contributed by atoms with Gasteiger partial charge in [-0.2, -0.15) is 8.78 Å². The normalized spacial score (nSPS) is 11.5. The summed E-state index contributed by atoms with van der Waals surface area (Å²) in [5, 5.41) is -0.351. The van der Waals surface area contributed by atoms with E-state index in [9.17, 15) is 8.78 Å². The van der Waals surface area contributed by atoms with Gasteiger partial charge in [-0.3, -0.25) is 0 Å². The first kappa shape index (κ1) is 23.0. The van der Waals surface area contributed by atoms with Crippen LogP contribution in [-0.2, 0) is 12.8 Å². The minimum Gasteiger partial charge on any atom is -0.330 e. The van der Waals surface area contributed by atoms with Gasteiger partial charge >= 0.3 is 0 Å². The molecule has 0 amide bonds. The largest absolute Gasteiger partial charge is 0.330 e. The van der Waals surface area contributed by atoms with Gasteiger partial charge in [-0.1, -0.05) is 0 Å². The second-order valence-corrected chi connectivity index (χ2v) is 12.6. The number of thiophene rings is 5. The van der Waals surface area contributed by atoms with Gasteiger partial charge in [0.1, 0.15) is 0 Å². The number of hydrogen-bond acceptors (Lipinski definition) is 7. The van der Waals surface area contributed by atoms with E-state index in [4.69, 9.17) is 11.5 Å². The molecule has 0 unspecified atom stereocenters. The molecular formula is C24H20F2N2S5. The molecule has 0 atom stereocenters. The molecule has 0 aliphatic heterocycles. The van der Waals surface area contributed by atoms with Gasteiger partial charge in [0.15, 0.2) is 10.3 Å². The Balaban J connectivity index is 1.53. The molecule has 5 aromatic heterocycles. The molecule has 0 spiro atoms. The van der Waals surface area contributed by atoms with E-state index in [1.165, 1.54) is 65.4 Å². The summed E-state index contributed by atoms with van der Waals surface area (Å²) in [5.74, 6) is 0. The van der Waals surface area contributed by atoms with Crippen molar-refractivity contribution in [1.82, 2.24) is 0 Å². The van der Waals surface area contributed by atoms with Crippen LogP contribution in [0.3, 0.4) is 0 Å². The Morgan fingerprint density at radius 1 is 0.515 bits per heavy atom. The predicted molar refractivity (Wildman–Crippen MR) is 143 cm³/mol. The van der Waals surface area contributed by atoms with Crippen LogP contribution in [0.2, 0.25) is 0 Å². The Bertz CT molecular complexity index is 1280. The van der Waals surface area contributed by atoms with E-state index in [1.54, 1.807) is 34.0 Å². The standard InChI is InChI=1S/C24H20F2N2S5/c25-21-5-3-15(30-21)19-11-13(7-9-27)23(32-19)17-1-2-18(29-17)24-14(8-10-28)12-20(33-24)16-4-6-22(26)31-16/h1-6,11-12H,7-10,27-28H2. The molecule has 33 heavy (non-hydrogen) atoms. The first-order valence-corrected chi connectivity index (χ1v) is 14.4. The van der Waals surface area contributed by atoms with Crippen LogP contribution < -0.4 is 11.5 Å². The van der Waals surface area contributed by atoms with Crippen molar-refractivity contribution in [2.24, 2.45) is 11.5 Å². The van der Waals surface area contributed by atoms with Crippen molar-refractivity contribution >= 4 is 56.7 Å². The van der Waals surface area contributed by atoms with Gasteiger partial charge < -0.3 is 11.5 Å². The first-order chi connectivity index (χ1) is 16.1. The fourth-order valence-corrected chi connectivity index (χ4v) is 9.02. The minimum absolute atomic E-state index is 0.176. The van der Waals surface area contributed by atoms with Crippen LogP contribution >= 0.6 is 56.7 Å². The summed E-state index contributed by atoms with van der Waals surface area (Å²) < 4.78 is 27.2. The third kappa shape index (κ3) is 4.77.